The van der Waals surface area contributed by atoms with Crippen LogP contribution in [-0.4, -0.2) is 9.97 Å². The predicted molar refractivity (Wildman–Crippen MR) is 194 cm³/mol. The Bertz CT molecular complexity index is 2550. The molecule has 2 nitrogen and oxygen atoms in total. The summed E-state index contributed by atoms with van der Waals surface area (Å²) < 4.78 is 0. The highest BCUT2D eigenvalue weighted by Gasteiger charge is 2.20. The topological polar surface area (TPSA) is 25.8 Å². The van der Waals surface area contributed by atoms with E-state index in [1.165, 1.54) is 65.3 Å². The zero-order valence-corrected chi connectivity index (χ0v) is 25.1. The van der Waals surface area contributed by atoms with Gasteiger partial charge in [-0.05, 0) is 83.0 Å². The van der Waals surface area contributed by atoms with Crippen molar-refractivity contribution in [1.29, 1.82) is 0 Å². The van der Waals surface area contributed by atoms with E-state index in [-0.39, 0.29) is 0 Å². The Hall–Kier alpha value is -6.12. The first-order valence-electron chi connectivity index (χ1n) is 15.7. The Kier molecular flexibility index (Phi) is 6.17. The Morgan fingerprint density at radius 3 is 1.57 bits per heavy atom. The molecule has 9 rings (SSSR count). The Labute approximate surface area is 267 Å². The summed E-state index contributed by atoms with van der Waals surface area (Å²) in [5, 5.41) is 9.90. The van der Waals surface area contributed by atoms with Gasteiger partial charge in [-0.2, -0.15) is 0 Å². The second-order valence-electron chi connectivity index (χ2n) is 11.8. The van der Waals surface area contributed by atoms with Crippen LogP contribution in [0.15, 0.2) is 170 Å². The molecule has 214 valence electrons. The number of benzene rings is 8. The van der Waals surface area contributed by atoms with Crippen LogP contribution in [0.25, 0.3) is 87.9 Å². The summed E-state index contributed by atoms with van der Waals surface area (Å²) in [7, 11) is 0. The molecule has 0 amide bonds. The molecule has 1 aromatic heterocycles. The summed E-state index contributed by atoms with van der Waals surface area (Å²) in [5.74, 6) is 0.714. The van der Waals surface area contributed by atoms with Crippen LogP contribution in [0.4, 0.5) is 0 Å². The molecule has 0 atom stereocenters. The van der Waals surface area contributed by atoms with Gasteiger partial charge in [0.25, 0.3) is 0 Å². The van der Waals surface area contributed by atoms with Gasteiger partial charge in [0, 0.05) is 23.5 Å². The van der Waals surface area contributed by atoms with Crippen LogP contribution in [-0.2, 0) is 0 Å². The molecule has 0 fully saturated rings. The number of aromatic nitrogens is 2. The Balaban J connectivity index is 1.37. The fraction of sp³-hybridized carbons (Fsp3) is 0. The summed E-state index contributed by atoms with van der Waals surface area (Å²) in [5.41, 5.74) is 8.02. The van der Waals surface area contributed by atoms with Gasteiger partial charge in [-0.3, -0.25) is 0 Å². The molecule has 0 aliphatic carbocycles. The van der Waals surface area contributed by atoms with Gasteiger partial charge in [0.15, 0.2) is 5.82 Å². The van der Waals surface area contributed by atoms with Crippen molar-refractivity contribution in [3.05, 3.63) is 170 Å². The van der Waals surface area contributed by atoms with Crippen LogP contribution >= 0.6 is 0 Å². The summed E-state index contributed by atoms with van der Waals surface area (Å²) >= 11 is 0. The van der Waals surface area contributed by atoms with Crippen LogP contribution in [0.5, 0.6) is 0 Å². The standard InChI is InChI=1S/C44H28N2/c1-3-13-29(14-4-1)33-27-45-44(46-28-33)32-23-24-39-41(26-32)42(30-15-5-2-6-16-30)37-21-11-12-22-38(37)43(39)40-25-31-17-7-8-18-34(31)35-19-9-10-20-36(35)40/h1-28H. The van der Waals surface area contributed by atoms with Crippen molar-refractivity contribution in [2.45, 2.75) is 0 Å². The first kappa shape index (κ1) is 26.3. The van der Waals surface area contributed by atoms with Crippen LogP contribution < -0.4 is 0 Å². The third kappa shape index (κ3) is 4.27. The highest BCUT2D eigenvalue weighted by atomic mass is 14.9. The SMILES string of the molecule is c1ccc(-c2cnc(-c3ccc4c(-c5cc6ccccc6c6ccccc56)c5ccccc5c(-c5ccccc5)c4c3)nc2)cc1. The number of rotatable bonds is 4. The molecular formula is C44H28N2. The highest BCUT2D eigenvalue weighted by molar-refractivity contribution is 6.26. The maximum absolute atomic E-state index is 4.84. The molecule has 0 N–H and O–H groups in total. The van der Waals surface area contributed by atoms with Crippen molar-refractivity contribution in [3.63, 3.8) is 0 Å². The second kappa shape index (κ2) is 10.8. The number of nitrogens with zero attached hydrogens (tertiary/aromatic N) is 2. The number of fused-ring (bicyclic) bond motifs is 5. The fourth-order valence-electron chi connectivity index (χ4n) is 7.04. The van der Waals surface area contributed by atoms with E-state index in [1.54, 1.807) is 0 Å². The zero-order chi connectivity index (χ0) is 30.5. The molecule has 8 aromatic carbocycles. The lowest BCUT2D eigenvalue weighted by Gasteiger charge is -2.20. The first-order chi connectivity index (χ1) is 22.8. The van der Waals surface area contributed by atoms with E-state index in [9.17, 15) is 0 Å². The zero-order valence-electron chi connectivity index (χ0n) is 25.1. The molecule has 0 saturated heterocycles. The Morgan fingerprint density at radius 2 is 0.848 bits per heavy atom. The molecule has 0 saturated carbocycles. The maximum atomic E-state index is 4.84. The molecule has 0 unspecified atom stereocenters. The molecule has 2 heteroatoms. The third-order valence-corrected chi connectivity index (χ3v) is 9.14. The monoisotopic (exact) mass is 584 g/mol. The predicted octanol–water partition coefficient (Wildman–Crippen LogP) is 11.8. The first-order valence-corrected chi connectivity index (χ1v) is 15.7. The average molecular weight is 585 g/mol. The van der Waals surface area contributed by atoms with Gasteiger partial charge in [0.05, 0.1) is 0 Å². The summed E-state index contributed by atoms with van der Waals surface area (Å²) in [6.45, 7) is 0. The molecule has 0 aliphatic heterocycles. The summed E-state index contributed by atoms with van der Waals surface area (Å²) in [6.07, 6.45) is 3.85. The lowest BCUT2D eigenvalue weighted by molar-refractivity contribution is 1.18. The summed E-state index contributed by atoms with van der Waals surface area (Å²) in [6, 6.07) is 56.5. The van der Waals surface area contributed by atoms with Crippen LogP contribution in [0.3, 0.4) is 0 Å². The third-order valence-electron chi connectivity index (χ3n) is 9.14. The smallest absolute Gasteiger partial charge is 0.159 e. The van der Waals surface area contributed by atoms with Crippen LogP contribution in [0.2, 0.25) is 0 Å². The molecule has 0 radical (unpaired) electrons. The molecule has 0 bridgehead atoms. The van der Waals surface area contributed by atoms with Gasteiger partial charge in [-0.15, -0.1) is 0 Å². The normalized spacial score (nSPS) is 11.5. The lowest BCUT2D eigenvalue weighted by Crippen LogP contribution is -1.94. The Morgan fingerprint density at radius 1 is 0.304 bits per heavy atom. The van der Waals surface area contributed by atoms with Crippen molar-refractivity contribution in [2.75, 3.05) is 0 Å². The van der Waals surface area contributed by atoms with Gasteiger partial charge in [0.1, 0.15) is 0 Å². The molecular weight excluding hydrogens is 556 g/mol. The van der Waals surface area contributed by atoms with Crippen molar-refractivity contribution < 1.29 is 0 Å². The minimum absolute atomic E-state index is 0.714. The molecule has 0 spiro atoms. The minimum atomic E-state index is 0.714. The number of hydrogen-bond acceptors (Lipinski definition) is 2. The van der Waals surface area contributed by atoms with Crippen molar-refractivity contribution in [2.24, 2.45) is 0 Å². The minimum Gasteiger partial charge on any atom is -0.236 e. The average Bonchev–Trinajstić information content (AvgIpc) is 3.14. The van der Waals surface area contributed by atoms with E-state index in [0.717, 1.165) is 16.7 Å². The van der Waals surface area contributed by atoms with Gasteiger partial charge >= 0.3 is 0 Å². The molecule has 46 heavy (non-hydrogen) atoms. The molecule has 0 aliphatic rings. The number of hydrogen-bond donors (Lipinski definition) is 0. The molecule has 9 aromatic rings. The van der Waals surface area contributed by atoms with E-state index in [1.807, 2.05) is 30.6 Å². The fourth-order valence-corrected chi connectivity index (χ4v) is 7.04. The van der Waals surface area contributed by atoms with Crippen LogP contribution in [0.1, 0.15) is 0 Å². The second-order valence-corrected chi connectivity index (χ2v) is 11.8. The van der Waals surface area contributed by atoms with E-state index in [4.69, 9.17) is 9.97 Å². The maximum Gasteiger partial charge on any atom is 0.159 e. The van der Waals surface area contributed by atoms with E-state index >= 15 is 0 Å². The van der Waals surface area contributed by atoms with Gasteiger partial charge in [0.2, 0.25) is 0 Å². The molecule has 1 heterocycles. The lowest BCUT2D eigenvalue weighted by atomic mass is 9.83. The van der Waals surface area contributed by atoms with Crippen molar-refractivity contribution >= 4 is 43.1 Å². The van der Waals surface area contributed by atoms with Crippen molar-refractivity contribution in [3.8, 4) is 44.8 Å². The van der Waals surface area contributed by atoms with Gasteiger partial charge in [-0.1, -0.05) is 146 Å². The van der Waals surface area contributed by atoms with Gasteiger partial charge < -0.3 is 0 Å². The van der Waals surface area contributed by atoms with Crippen LogP contribution in [0, 0.1) is 0 Å². The quantitative estimate of drug-likeness (QED) is 0.152. The highest BCUT2D eigenvalue weighted by Crippen LogP contribution is 2.47. The largest absolute Gasteiger partial charge is 0.236 e. The van der Waals surface area contributed by atoms with Crippen molar-refractivity contribution in [1.82, 2.24) is 9.97 Å². The summed E-state index contributed by atoms with van der Waals surface area (Å²) in [4.78, 5) is 9.68. The van der Waals surface area contributed by atoms with E-state index < -0.39 is 0 Å². The van der Waals surface area contributed by atoms with E-state index in [0.29, 0.717) is 5.82 Å². The van der Waals surface area contributed by atoms with Gasteiger partial charge in [-0.25, -0.2) is 9.97 Å². The van der Waals surface area contributed by atoms with E-state index in [2.05, 4.69) is 140 Å².